The average Bonchev–Trinajstić information content (AvgIpc) is 3.30. The van der Waals surface area contributed by atoms with Crippen LogP contribution < -0.4 is 16.0 Å². The number of nitrogens with one attached hydrogen (secondary N) is 3. The number of aryl methyl sites for hydroxylation is 2. The van der Waals surface area contributed by atoms with Crippen molar-refractivity contribution in [3.8, 4) is 0 Å². The molecule has 2 aromatic carbocycles. The number of hydrogen-bond donors (Lipinski definition) is 3. The second kappa shape index (κ2) is 10.2. The van der Waals surface area contributed by atoms with Gasteiger partial charge in [-0.1, -0.05) is 48.8 Å². The molecule has 1 saturated heterocycles. The Kier molecular flexibility index (Phi) is 7.05. The predicted molar refractivity (Wildman–Crippen MR) is 133 cm³/mol. The maximum Gasteiger partial charge on any atom is 0.325 e. The van der Waals surface area contributed by atoms with Gasteiger partial charge in [-0.25, -0.2) is 14.0 Å². The molecule has 0 radical (unpaired) electrons. The van der Waals surface area contributed by atoms with Crippen LogP contribution in [0.5, 0.6) is 0 Å². The third-order valence-electron chi connectivity index (χ3n) is 6.17. The number of carbonyl (C=O) groups is 4. The molecule has 1 aliphatic heterocycles. The first-order chi connectivity index (χ1) is 17.7. The normalized spacial score (nSPS) is 17.0. The van der Waals surface area contributed by atoms with E-state index < -0.39 is 41.7 Å². The zero-order chi connectivity index (χ0) is 26.7. The molecule has 3 N–H and O–H groups in total. The fraction of sp³-hybridized carbons (Fsp3) is 0.269. The second-order valence-electron chi connectivity index (χ2n) is 8.74. The van der Waals surface area contributed by atoms with Crippen LogP contribution in [0.15, 0.2) is 53.1 Å². The monoisotopic (exact) mass is 507 g/mol. The number of imide groups is 1. The molecular formula is C26H26FN5O5. The summed E-state index contributed by atoms with van der Waals surface area (Å²) in [7, 11) is 0. The van der Waals surface area contributed by atoms with Gasteiger partial charge in [0, 0.05) is 5.69 Å². The minimum absolute atomic E-state index is 0.0966. The SMILES string of the molecule is CCC[C@@]1(c2ccccc2)NC(=O)N(CC(=O)c2ccc(NC(=O)Nc3c(C)noc3C)cc2F)C1=O. The molecule has 192 valence electrons. The molecule has 37 heavy (non-hydrogen) atoms. The number of Topliss-reactive ketones (excluding diaryl/α,β-unsaturated/α-hetero) is 1. The Balaban J connectivity index is 1.47. The summed E-state index contributed by atoms with van der Waals surface area (Å²) in [6, 6.07) is 11.0. The summed E-state index contributed by atoms with van der Waals surface area (Å²) in [6.07, 6.45) is 0.951. The highest BCUT2D eigenvalue weighted by atomic mass is 19.1. The van der Waals surface area contributed by atoms with Crippen LogP contribution in [0.25, 0.3) is 0 Å². The average molecular weight is 508 g/mol. The highest BCUT2D eigenvalue weighted by Crippen LogP contribution is 2.34. The van der Waals surface area contributed by atoms with Gasteiger partial charge in [-0.05, 0) is 44.0 Å². The summed E-state index contributed by atoms with van der Waals surface area (Å²) in [5, 5.41) is 11.5. The lowest BCUT2D eigenvalue weighted by molar-refractivity contribution is -0.131. The summed E-state index contributed by atoms with van der Waals surface area (Å²) in [6.45, 7) is 4.55. The van der Waals surface area contributed by atoms with Crippen molar-refractivity contribution in [2.75, 3.05) is 17.2 Å². The number of ketones is 1. The highest BCUT2D eigenvalue weighted by molar-refractivity contribution is 6.11. The third-order valence-corrected chi connectivity index (χ3v) is 6.17. The van der Waals surface area contributed by atoms with Crippen molar-refractivity contribution in [2.24, 2.45) is 0 Å². The molecule has 3 aromatic rings. The van der Waals surface area contributed by atoms with Gasteiger partial charge in [-0.3, -0.25) is 14.5 Å². The topological polar surface area (TPSA) is 134 Å². The number of urea groups is 2. The van der Waals surface area contributed by atoms with Gasteiger partial charge in [0.1, 0.15) is 22.7 Å². The third kappa shape index (κ3) is 4.92. The Morgan fingerprint density at radius 3 is 2.46 bits per heavy atom. The van der Waals surface area contributed by atoms with E-state index in [0.29, 0.717) is 35.5 Å². The number of carbonyl (C=O) groups excluding carboxylic acids is 4. The van der Waals surface area contributed by atoms with Crippen LogP contribution in [0.4, 0.5) is 25.4 Å². The molecule has 0 aliphatic carbocycles. The summed E-state index contributed by atoms with van der Waals surface area (Å²) >= 11 is 0. The zero-order valence-corrected chi connectivity index (χ0v) is 20.6. The quantitative estimate of drug-likeness (QED) is 0.304. The summed E-state index contributed by atoms with van der Waals surface area (Å²) in [5.74, 6) is -1.81. The van der Waals surface area contributed by atoms with E-state index in [0.717, 1.165) is 11.0 Å². The molecule has 2 heterocycles. The van der Waals surface area contributed by atoms with Crippen LogP contribution in [-0.4, -0.2) is 40.4 Å². The van der Waals surface area contributed by atoms with E-state index in [-0.39, 0.29) is 11.3 Å². The molecule has 5 amide bonds. The molecule has 1 aromatic heterocycles. The van der Waals surface area contributed by atoms with Crippen LogP contribution in [0.2, 0.25) is 0 Å². The molecule has 0 bridgehead atoms. The molecule has 1 aliphatic rings. The number of rotatable bonds is 8. The van der Waals surface area contributed by atoms with Crippen LogP contribution in [0.1, 0.15) is 47.1 Å². The van der Waals surface area contributed by atoms with Crippen molar-refractivity contribution in [1.82, 2.24) is 15.4 Å². The summed E-state index contributed by atoms with van der Waals surface area (Å²) < 4.78 is 19.8. The van der Waals surface area contributed by atoms with Crippen LogP contribution >= 0.6 is 0 Å². The van der Waals surface area contributed by atoms with E-state index in [1.165, 1.54) is 12.1 Å². The highest BCUT2D eigenvalue weighted by Gasteiger charge is 2.52. The molecule has 1 atom stereocenters. The minimum atomic E-state index is -1.28. The van der Waals surface area contributed by atoms with Crippen molar-refractivity contribution in [3.63, 3.8) is 0 Å². The van der Waals surface area contributed by atoms with Crippen LogP contribution in [0, 0.1) is 19.7 Å². The lowest BCUT2D eigenvalue weighted by atomic mass is 9.85. The number of hydrogen-bond acceptors (Lipinski definition) is 6. The van der Waals surface area contributed by atoms with E-state index >= 15 is 0 Å². The number of anilines is 2. The lowest BCUT2D eigenvalue weighted by Gasteiger charge is -2.26. The molecule has 1 fully saturated rings. The first-order valence-corrected chi connectivity index (χ1v) is 11.7. The fourth-order valence-corrected chi connectivity index (χ4v) is 4.36. The summed E-state index contributed by atoms with van der Waals surface area (Å²) in [5.41, 5.74) is -0.0108. The van der Waals surface area contributed by atoms with Crippen LogP contribution in [0.3, 0.4) is 0 Å². The number of amides is 5. The Morgan fingerprint density at radius 1 is 1.11 bits per heavy atom. The maximum absolute atomic E-state index is 14.8. The van der Waals surface area contributed by atoms with E-state index in [9.17, 15) is 23.6 Å². The molecule has 0 saturated carbocycles. The van der Waals surface area contributed by atoms with E-state index in [2.05, 4.69) is 21.1 Å². The molecule has 10 nitrogen and oxygen atoms in total. The lowest BCUT2D eigenvalue weighted by Crippen LogP contribution is -2.44. The number of benzene rings is 2. The first kappa shape index (κ1) is 25.5. The van der Waals surface area contributed by atoms with Crippen molar-refractivity contribution < 1.29 is 28.1 Å². The Bertz CT molecular complexity index is 1350. The van der Waals surface area contributed by atoms with Gasteiger partial charge < -0.3 is 20.5 Å². The summed E-state index contributed by atoms with van der Waals surface area (Å²) in [4.78, 5) is 52.1. The number of aromatic nitrogens is 1. The fourth-order valence-electron chi connectivity index (χ4n) is 4.36. The smallest absolute Gasteiger partial charge is 0.325 e. The first-order valence-electron chi connectivity index (χ1n) is 11.7. The molecule has 4 rings (SSSR count). The maximum atomic E-state index is 14.8. The van der Waals surface area contributed by atoms with Crippen molar-refractivity contribution in [1.29, 1.82) is 0 Å². The second-order valence-corrected chi connectivity index (χ2v) is 8.74. The van der Waals surface area contributed by atoms with Gasteiger partial charge >= 0.3 is 12.1 Å². The van der Waals surface area contributed by atoms with Crippen molar-refractivity contribution >= 4 is 35.1 Å². The largest absolute Gasteiger partial charge is 0.359 e. The van der Waals surface area contributed by atoms with Crippen molar-refractivity contribution in [2.45, 2.75) is 39.2 Å². The Labute approximate surface area is 212 Å². The number of nitrogens with zero attached hydrogens (tertiary/aromatic N) is 2. The van der Waals surface area contributed by atoms with E-state index in [1.807, 2.05) is 6.92 Å². The van der Waals surface area contributed by atoms with Gasteiger partial charge in [-0.2, -0.15) is 0 Å². The molecule has 0 spiro atoms. The van der Waals surface area contributed by atoms with Gasteiger partial charge in [-0.15, -0.1) is 0 Å². The van der Waals surface area contributed by atoms with Gasteiger partial charge in [0.05, 0.1) is 12.1 Å². The number of halogens is 1. The molecular weight excluding hydrogens is 481 g/mol. The molecule has 0 unspecified atom stereocenters. The van der Waals surface area contributed by atoms with Crippen molar-refractivity contribution in [3.05, 3.63) is 76.9 Å². The van der Waals surface area contributed by atoms with E-state index in [4.69, 9.17) is 4.52 Å². The molecule has 11 heteroatoms. The Morgan fingerprint density at radius 2 is 1.84 bits per heavy atom. The van der Waals surface area contributed by atoms with Gasteiger partial charge in [0.2, 0.25) is 0 Å². The minimum Gasteiger partial charge on any atom is -0.359 e. The predicted octanol–water partition coefficient (Wildman–Crippen LogP) is 4.50. The Hall–Kier alpha value is -4.54. The zero-order valence-electron chi connectivity index (χ0n) is 20.6. The van der Waals surface area contributed by atoms with E-state index in [1.54, 1.807) is 44.2 Å². The van der Waals surface area contributed by atoms with Gasteiger partial charge in [0.15, 0.2) is 11.5 Å². The standard InChI is InChI=1S/C26H26FN5O5/c1-4-12-26(17-8-6-5-7-9-17)23(34)32(25(36)30-26)14-21(33)19-11-10-18(13-20(19)27)28-24(35)29-22-15(2)31-37-16(22)3/h5-11,13H,4,12,14H2,1-3H3,(H,30,36)(H2,28,29,35)/t26-/m0/s1. The van der Waals surface area contributed by atoms with Crippen LogP contribution in [-0.2, 0) is 10.3 Å². The van der Waals surface area contributed by atoms with Gasteiger partial charge in [0.25, 0.3) is 5.91 Å².